The molecule has 0 saturated carbocycles. The first kappa shape index (κ1) is 24.6. The lowest BCUT2D eigenvalue weighted by molar-refractivity contribution is 0.0970. The number of ether oxygens (including phenoxy) is 2. The van der Waals surface area contributed by atoms with Crippen molar-refractivity contribution in [2.75, 3.05) is 18.1 Å². The van der Waals surface area contributed by atoms with Crippen molar-refractivity contribution in [1.29, 1.82) is 0 Å². The fourth-order valence-electron chi connectivity index (χ4n) is 4.65. The summed E-state index contributed by atoms with van der Waals surface area (Å²) in [5.74, 6) is 1.26. The summed E-state index contributed by atoms with van der Waals surface area (Å²) >= 11 is 0. The molecule has 3 heterocycles. The van der Waals surface area contributed by atoms with E-state index in [-0.39, 0.29) is 11.2 Å². The second kappa shape index (κ2) is 10.1. The topological polar surface area (TPSA) is 81.9 Å². The number of pyridine rings is 1. The number of benzene rings is 2. The highest BCUT2D eigenvalue weighted by molar-refractivity contribution is 6.10. The Kier molecular flexibility index (Phi) is 6.70. The van der Waals surface area contributed by atoms with Crippen molar-refractivity contribution in [3.63, 3.8) is 0 Å². The number of aryl methyl sites for hydroxylation is 2. The SMILES string of the molecule is CCCCOc1ccc(C2c3c(oc4ccc(C)cc4c3=O)C(=O)N2c2ccc(C)cn2)cc1OCC. The van der Waals surface area contributed by atoms with Gasteiger partial charge in [-0.25, -0.2) is 4.98 Å². The zero-order valence-corrected chi connectivity index (χ0v) is 21.5. The summed E-state index contributed by atoms with van der Waals surface area (Å²) in [4.78, 5) is 33.7. The predicted molar refractivity (Wildman–Crippen MR) is 143 cm³/mol. The highest BCUT2D eigenvalue weighted by Gasteiger charge is 2.44. The number of rotatable bonds is 8. The monoisotopic (exact) mass is 498 g/mol. The van der Waals surface area contributed by atoms with Crippen molar-refractivity contribution < 1.29 is 18.7 Å². The van der Waals surface area contributed by atoms with Gasteiger partial charge in [0.05, 0.1) is 30.2 Å². The number of fused-ring (bicyclic) bond motifs is 2. The third kappa shape index (κ3) is 4.46. The highest BCUT2D eigenvalue weighted by Crippen LogP contribution is 2.43. The van der Waals surface area contributed by atoms with Crippen molar-refractivity contribution in [1.82, 2.24) is 4.98 Å². The molecule has 190 valence electrons. The fraction of sp³-hybridized carbons (Fsp3) is 0.300. The smallest absolute Gasteiger partial charge is 0.296 e. The zero-order chi connectivity index (χ0) is 26.1. The van der Waals surface area contributed by atoms with Crippen LogP contribution in [0.15, 0.2) is 63.9 Å². The lowest BCUT2D eigenvalue weighted by Crippen LogP contribution is -2.30. The molecule has 0 radical (unpaired) electrons. The minimum Gasteiger partial charge on any atom is -0.490 e. The van der Waals surface area contributed by atoms with E-state index >= 15 is 0 Å². The van der Waals surface area contributed by atoms with Crippen molar-refractivity contribution in [2.45, 2.75) is 46.6 Å². The Hall–Kier alpha value is -4.13. The maximum absolute atomic E-state index is 13.9. The first-order valence-corrected chi connectivity index (χ1v) is 12.7. The molecule has 0 saturated heterocycles. The van der Waals surface area contributed by atoms with Crippen LogP contribution in [-0.4, -0.2) is 24.1 Å². The van der Waals surface area contributed by atoms with E-state index in [4.69, 9.17) is 13.9 Å². The minimum atomic E-state index is -0.734. The van der Waals surface area contributed by atoms with E-state index in [1.165, 1.54) is 4.90 Å². The quantitative estimate of drug-likeness (QED) is 0.272. The molecule has 1 atom stereocenters. The number of amides is 1. The Morgan fingerprint density at radius 1 is 0.946 bits per heavy atom. The van der Waals surface area contributed by atoms with Crippen molar-refractivity contribution in [2.24, 2.45) is 0 Å². The number of aromatic nitrogens is 1. The van der Waals surface area contributed by atoms with Gasteiger partial charge >= 0.3 is 0 Å². The van der Waals surface area contributed by atoms with Crippen LogP contribution < -0.4 is 19.8 Å². The van der Waals surface area contributed by atoms with Gasteiger partial charge in [0, 0.05) is 6.20 Å². The van der Waals surface area contributed by atoms with Crippen LogP contribution in [0.5, 0.6) is 11.5 Å². The van der Waals surface area contributed by atoms with E-state index in [0.29, 0.717) is 52.6 Å². The van der Waals surface area contributed by atoms with E-state index in [9.17, 15) is 9.59 Å². The normalized spacial score (nSPS) is 14.8. The molecule has 0 bridgehead atoms. The third-order valence-electron chi connectivity index (χ3n) is 6.51. The maximum atomic E-state index is 13.9. The number of nitrogens with zero attached hydrogens (tertiary/aromatic N) is 2. The first-order valence-electron chi connectivity index (χ1n) is 12.7. The van der Waals surface area contributed by atoms with Gasteiger partial charge < -0.3 is 13.9 Å². The first-order chi connectivity index (χ1) is 17.9. The number of unbranched alkanes of at least 4 members (excludes halogenated alkanes) is 1. The average molecular weight is 499 g/mol. The van der Waals surface area contributed by atoms with Crippen molar-refractivity contribution in [3.05, 3.63) is 93.0 Å². The third-order valence-corrected chi connectivity index (χ3v) is 6.51. The molecular weight excluding hydrogens is 468 g/mol. The molecule has 1 amide bonds. The number of anilines is 1. The molecule has 0 spiro atoms. The van der Waals surface area contributed by atoms with Crippen LogP contribution in [0.25, 0.3) is 11.0 Å². The Labute approximate surface area is 215 Å². The van der Waals surface area contributed by atoms with E-state index in [1.54, 1.807) is 24.4 Å². The summed E-state index contributed by atoms with van der Waals surface area (Å²) in [6.45, 7) is 8.89. The summed E-state index contributed by atoms with van der Waals surface area (Å²) in [6, 6.07) is 13.9. The molecule has 2 aromatic carbocycles. The molecule has 37 heavy (non-hydrogen) atoms. The van der Waals surface area contributed by atoms with Crippen LogP contribution in [0.4, 0.5) is 5.82 Å². The largest absolute Gasteiger partial charge is 0.490 e. The van der Waals surface area contributed by atoms with Crippen LogP contribution in [0.2, 0.25) is 0 Å². The summed E-state index contributed by atoms with van der Waals surface area (Å²) in [7, 11) is 0. The second-order valence-corrected chi connectivity index (χ2v) is 9.29. The lowest BCUT2D eigenvalue weighted by Gasteiger charge is -2.25. The molecule has 7 nitrogen and oxygen atoms in total. The van der Waals surface area contributed by atoms with Crippen LogP contribution in [0.3, 0.4) is 0 Å². The van der Waals surface area contributed by atoms with Crippen molar-refractivity contribution in [3.8, 4) is 11.5 Å². The molecule has 1 unspecified atom stereocenters. The molecule has 2 aromatic heterocycles. The van der Waals surface area contributed by atoms with E-state index < -0.39 is 11.9 Å². The van der Waals surface area contributed by atoms with E-state index in [1.807, 2.05) is 51.1 Å². The van der Waals surface area contributed by atoms with Gasteiger partial charge in [0.1, 0.15) is 11.4 Å². The van der Waals surface area contributed by atoms with Gasteiger partial charge in [0.15, 0.2) is 16.9 Å². The molecule has 0 fully saturated rings. The molecule has 0 N–H and O–H groups in total. The van der Waals surface area contributed by atoms with Gasteiger partial charge in [0.25, 0.3) is 5.91 Å². The Bertz CT molecular complexity index is 1520. The average Bonchev–Trinajstić information content (AvgIpc) is 3.18. The highest BCUT2D eigenvalue weighted by atomic mass is 16.5. The van der Waals surface area contributed by atoms with Crippen molar-refractivity contribution >= 4 is 22.7 Å². The van der Waals surface area contributed by atoms with Gasteiger partial charge in [0.2, 0.25) is 5.76 Å². The van der Waals surface area contributed by atoms with Crippen LogP contribution >= 0.6 is 0 Å². The second-order valence-electron chi connectivity index (χ2n) is 9.29. The molecular formula is C30H30N2O5. The summed E-state index contributed by atoms with van der Waals surface area (Å²) < 4.78 is 17.9. The number of hydrogen-bond acceptors (Lipinski definition) is 6. The summed E-state index contributed by atoms with van der Waals surface area (Å²) in [5.41, 5.74) is 3.06. The maximum Gasteiger partial charge on any atom is 0.296 e. The van der Waals surface area contributed by atoms with Crippen LogP contribution in [0.1, 0.15) is 65.5 Å². The number of hydrogen-bond donors (Lipinski definition) is 0. The van der Waals surface area contributed by atoms with Gasteiger partial charge in [-0.05, 0) is 68.7 Å². The van der Waals surface area contributed by atoms with Gasteiger partial charge in [-0.1, -0.05) is 37.1 Å². The predicted octanol–water partition coefficient (Wildman–Crippen LogP) is 6.13. The Morgan fingerprint density at radius 2 is 1.76 bits per heavy atom. The standard InChI is InChI=1S/C30H30N2O5/c1-5-7-14-36-23-12-10-20(16-24(23)35-6-2)27-26-28(33)21-15-18(3)8-11-22(21)37-29(26)30(34)32(27)25-13-9-19(4)17-31-25/h8-13,15-17,27H,5-7,14H2,1-4H3. The molecule has 7 heteroatoms. The minimum absolute atomic E-state index is 0.0370. The van der Waals surface area contributed by atoms with Gasteiger partial charge in [-0.2, -0.15) is 0 Å². The molecule has 1 aliphatic rings. The summed E-state index contributed by atoms with van der Waals surface area (Å²) in [6.07, 6.45) is 3.65. The molecule has 5 rings (SSSR count). The molecule has 4 aromatic rings. The Morgan fingerprint density at radius 3 is 2.49 bits per heavy atom. The number of carbonyl (C=O) groups is 1. The fourth-order valence-corrected chi connectivity index (χ4v) is 4.65. The van der Waals surface area contributed by atoms with E-state index in [0.717, 1.165) is 24.0 Å². The summed E-state index contributed by atoms with van der Waals surface area (Å²) in [5, 5.41) is 0.444. The van der Waals surface area contributed by atoms with Crippen LogP contribution in [-0.2, 0) is 0 Å². The Balaban J connectivity index is 1.71. The van der Waals surface area contributed by atoms with Gasteiger partial charge in [-0.3, -0.25) is 14.5 Å². The van der Waals surface area contributed by atoms with Gasteiger partial charge in [-0.15, -0.1) is 0 Å². The zero-order valence-electron chi connectivity index (χ0n) is 21.5. The van der Waals surface area contributed by atoms with E-state index in [2.05, 4.69) is 11.9 Å². The lowest BCUT2D eigenvalue weighted by atomic mass is 9.97. The number of carbonyl (C=O) groups excluding carboxylic acids is 1. The molecule has 0 aliphatic carbocycles. The van der Waals surface area contributed by atoms with Crippen LogP contribution in [0, 0.1) is 13.8 Å². The molecule has 1 aliphatic heterocycles.